The molecule has 3 aromatic rings. The molecular formula is C23H25N5O2. The van der Waals surface area contributed by atoms with Gasteiger partial charge in [0.2, 0.25) is 5.88 Å². The zero-order valence-electron chi connectivity index (χ0n) is 17.5. The fourth-order valence-electron chi connectivity index (χ4n) is 3.98. The number of carbonyl (C=O) groups is 1. The van der Waals surface area contributed by atoms with Crippen LogP contribution in [0.15, 0.2) is 43.0 Å². The van der Waals surface area contributed by atoms with E-state index in [0.29, 0.717) is 30.4 Å². The lowest BCUT2D eigenvalue weighted by Gasteiger charge is -2.27. The van der Waals surface area contributed by atoms with E-state index in [1.54, 1.807) is 24.5 Å². The van der Waals surface area contributed by atoms with Crippen molar-refractivity contribution in [3.63, 3.8) is 0 Å². The number of nitrogens with zero attached hydrogens (tertiary/aromatic N) is 5. The van der Waals surface area contributed by atoms with E-state index in [1.165, 1.54) is 0 Å². The van der Waals surface area contributed by atoms with Crippen LogP contribution in [0.3, 0.4) is 0 Å². The predicted molar refractivity (Wildman–Crippen MR) is 113 cm³/mol. The van der Waals surface area contributed by atoms with E-state index >= 15 is 0 Å². The summed E-state index contributed by atoms with van der Waals surface area (Å²) in [4.78, 5) is 33.0. The Morgan fingerprint density at radius 2 is 2.03 bits per heavy atom. The van der Waals surface area contributed by atoms with Crippen LogP contribution in [0.4, 0.5) is 0 Å². The van der Waals surface area contributed by atoms with E-state index in [1.807, 2.05) is 44.1 Å². The Morgan fingerprint density at radius 1 is 1.17 bits per heavy atom. The minimum absolute atomic E-state index is 0.0808. The lowest BCUT2D eigenvalue weighted by Crippen LogP contribution is -2.32. The molecule has 1 aliphatic rings. The molecule has 0 radical (unpaired) electrons. The Hall–Kier alpha value is -3.35. The molecular weight excluding hydrogens is 378 g/mol. The molecule has 0 N–H and O–H groups in total. The van der Waals surface area contributed by atoms with E-state index in [4.69, 9.17) is 9.72 Å². The highest BCUT2D eigenvalue weighted by atomic mass is 16.5. The first-order chi connectivity index (χ1) is 14.6. The number of pyridine rings is 2. The lowest BCUT2D eigenvalue weighted by atomic mass is 9.97. The van der Waals surface area contributed by atoms with Crippen molar-refractivity contribution < 1.29 is 9.53 Å². The Balaban J connectivity index is 1.76. The van der Waals surface area contributed by atoms with Gasteiger partial charge in [-0.15, -0.1) is 0 Å². The van der Waals surface area contributed by atoms with Crippen LogP contribution >= 0.6 is 0 Å². The molecule has 1 fully saturated rings. The SMILES string of the molecule is CCOc1ncccc1C(=O)N1CCC[C@H]1c1nc(C)ncc1-c1ccncc1C. The maximum Gasteiger partial charge on any atom is 0.259 e. The Bertz CT molecular complexity index is 1070. The van der Waals surface area contributed by atoms with Gasteiger partial charge in [0.15, 0.2) is 0 Å². The maximum absolute atomic E-state index is 13.5. The largest absolute Gasteiger partial charge is 0.477 e. The number of aromatic nitrogens is 4. The fourth-order valence-corrected chi connectivity index (χ4v) is 3.98. The molecule has 4 rings (SSSR count). The molecule has 0 spiro atoms. The summed E-state index contributed by atoms with van der Waals surface area (Å²) in [6, 6.07) is 5.38. The molecule has 154 valence electrons. The number of aryl methyl sites for hydroxylation is 2. The third-order valence-corrected chi connectivity index (χ3v) is 5.36. The van der Waals surface area contributed by atoms with Gasteiger partial charge in [0.25, 0.3) is 5.91 Å². The number of hydrogen-bond donors (Lipinski definition) is 0. The summed E-state index contributed by atoms with van der Waals surface area (Å²) in [6.45, 7) is 6.91. The highest BCUT2D eigenvalue weighted by Gasteiger charge is 2.35. The molecule has 0 aliphatic carbocycles. The molecule has 7 nitrogen and oxygen atoms in total. The van der Waals surface area contributed by atoms with Gasteiger partial charge in [-0.2, -0.15) is 0 Å². The average molecular weight is 403 g/mol. The first-order valence-electron chi connectivity index (χ1n) is 10.2. The van der Waals surface area contributed by atoms with Crippen LogP contribution in [-0.4, -0.2) is 43.9 Å². The number of amides is 1. The van der Waals surface area contributed by atoms with Crippen molar-refractivity contribution in [2.24, 2.45) is 0 Å². The van der Waals surface area contributed by atoms with Gasteiger partial charge in [-0.1, -0.05) is 0 Å². The van der Waals surface area contributed by atoms with Crippen LogP contribution < -0.4 is 4.74 Å². The minimum Gasteiger partial charge on any atom is -0.477 e. The highest BCUT2D eigenvalue weighted by Crippen LogP contribution is 2.38. The predicted octanol–water partition coefficient (Wildman–Crippen LogP) is 3.93. The van der Waals surface area contributed by atoms with E-state index in [0.717, 1.165) is 35.2 Å². The van der Waals surface area contributed by atoms with E-state index in [9.17, 15) is 4.79 Å². The molecule has 1 saturated heterocycles. The van der Waals surface area contributed by atoms with Crippen molar-refractivity contribution in [2.75, 3.05) is 13.2 Å². The molecule has 3 aromatic heterocycles. The second kappa shape index (κ2) is 8.57. The summed E-state index contributed by atoms with van der Waals surface area (Å²) in [5.74, 6) is 0.985. The van der Waals surface area contributed by atoms with Crippen molar-refractivity contribution in [3.05, 3.63) is 65.6 Å². The number of carbonyl (C=O) groups excluding carboxylic acids is 1. The van der Waals surface area contributed by atoms with Gasteiger partial charge < -0.3 is 9.64 Å². The normalized spacial score (nSPS) is 16.0. The first-order valence-corrected chi connectivity index (χ1v) is 10.2. The molecule has 4 heterocycles. The molecule has 1 atom stereocenters. The molecule has 7 heteroatoms. The van der Waals surface area contributed by atoms with Crippen molar-refractivity contribution in [3.8, 4) is 17.0 Å². The van der Waals surface area contributed by atoms with Crippen LogP contribution in [0.1, 0.15) is 53.2 Å². The van der Waals surface area contributed by atoms with Crippen LogP contribution in [-0.2, 0) is 0 Å². The first kappa shape index (κ1) is 19.9. The maximum atomic E-state index is 13.5. The summed E-state index contributed by atoms with van der Waals surface area (Å²) >= 11 is 0. The summed E-state index contributed by atoms with van der Waals surface area (Å²) in [6.07, 6.45) is 8.87. The van der Waals surface area contributed by atoms with Gasteiger partial charge in [0, 0.05) is 36.9 Å². The van der Waals surface area contributed by atoms with Crippen molar-refractivity contribution in [1.29, 1.82) is 0 Å². The summed E-state index contributed by atoms with van der Waals surface area (Å²) in [5, 5.41) is 0. The fraction of sp³-hybridized carbons (Fsp3) is 0.348. The number of hydrogen-bond acceptors (Lipinski definition) is 6. The highest BCUT2D eigenvalue weighted by molar-refractivity contribution is 5.97. The zero-order chi connectivity index (χ0) is 21.1. The minimum atomic E-state index is -0.128. The summed E-state index contributed by atoms with van der Waals surface area (Å²) < 4.78 is 5.60. The molecule has 0 aromatic carbocycles. The molecule has 1 amide bonds. The summed E-state index contributed by atoms with van der Waals surface area (Å²) in [5.41, 5.74) is 4.40. The van der Waals surface area contributed by atoms with Crippen molar-refractivity contribution in [2.45, 2.75) is 39.7 Å². The van der Waals surface area contributed by atoms with Gasteiger partial charge in [-0.25, -0.2) is 15.0 Å². The van der Waals surface area contributed by atoms with E-state index in [2.05, 4.69) is 15.0 Å². The van der Waals surface area contributed by atoms with Crippen molar-refractivity contribution >= 4 is 5.91 Å². The monoisotopic (exact) mass is 403 g/mol. The molecule has 0 unspecified atom stereocenters. The lowest BCUT2D eigenvalue weighted by molar-refractivity contribution is 0.0728. The zero-order valence-corrected chi connectivity index (χ0v) is 17.5. The van der Waals surface area contributed by atoms with E-state index < -0.39 is 0 Å². The van der Waals surface area contributed by atoms with Crippen LogP contribution in [0.2, 0.25) is 0 Å². The summed E-state index contributed by atoms with van der Waals surface area (Å²) in [7, 11) is 0. The molecule has 0 bridgehead atoms. The van der Waals surface area contributed by atoms with Gasteiger partial charge in [-0.3, -0.25) is 9.78 Å². The standard InChI is InChI=1S/C23H25N5O2/c1-4-30-22-18(7-5-10-25-22)23(29)28-12-6-8-20(28)21-19(14-26-16(3)27-21)17-9-11-24-13-15(17)2/h5,7,9-11,13-14,20H,4,6,8,12H2,1-3H3/t20-/m0/s1. The molecule has 0 saturated carbocycles. The second-order valence-corrected chi connectivity index (χ2v) is 7.35. The Kier molecular flexibility index (Phi) is 5.70. The third kappa shape index (κ3) is 3.75. The van der Waals surface area contributed by atoms with Crippen molar-refractivity contribution in [1.82, 2.24) is 24.8 Å². The smallest absolute Gasteiger partial charge is 0.259 e. The number of rotatable bonds is 5. The third-order valence-electron chi connectivity index (χ3n) is 5.36. The average Bonchev–Trinajstić information content (AvgIpc) is 3.24. The van der Waals surface area contributed by atoms with Gasteiger partial charge in [-0.05, 0) is 62.9 Å². The Labute approximate surface area is 176 Å². The van der Waals surface area contributed by atoms with Crippen LogP contribution in [0.5, 0.6) is 5.88 Å². The van der Waals surface area contributed by atoms with Crippen LogP contribution in [0, 0.1) is 13.8 Å². The molecule has 30 heavy (non-hydrogen) atoms. The number of ether oxygens (including phenoxy) is 1. The van der Waals surface area contributed by atoms with Gasteiger partial charge >= 0.3 is 0 Å². The molecule has 1 aliphatic heterocycles. The topological polar surface area (TPSA) is 81.1 Å². The van der Waals surface area contributed by atoms with Crippen LogP contribution in [0.25, 0.3) is 11.1 Å². The Morgan fingerprint density at radius 3 is 2.83 bits per heavy atom. The quantitative estimate of drug-likeness (QED) is 0.642. The van der Waals surface area contributed by atoms with E-state index in [-0.39, 0.29) is 11.9 Å². The van der Waals surface area contributed by atoms with Gasteiger partial charge in [0.1, 0.15) is 11.4 Å². The second-order valence-electron chi connectivity index (χ2n) is 7.35. The van der Waals surface area contributed by atoms with Gasteiger partial charge in [0.05, 0.1) is 18.3 Å². The number of likely N-dealkylation sites (tertiary alicyclic amines) is 1.